The number of rotatable bonds is 4. The largest absolute Gasteiger partial charge is 0.330 e. The van der Waals surface area contributed by atoms with Gasteiger partial charge in [0.05, 0.1) is 0 Å². The molecule has 84 valence electrons. The van der Waals surface area contributed by atoms with Crippen molar-refractivity contribution in [1.82, 2.24) is 0 Å². The van der Waals surface area contributed by atoms with Crippen LogP contribution in [0.2, 0.25) is 0 Å². The van der Waals surface area contributed by atoms with Gasteiger partial charge in [0.2, 0.25) is 0 Å². The molecular weight excluding hydrogens is 270 g/mol. The van der Waals surface area contributed by atoms with Crippen molar-refractivity contribution in [2.75, 3.05) is 6.54 Å². The fourth-order valence-corrected chi connectivity index (χ4v) is 4.19. The Hall–Kier alpha value is 0.140. The Morgan fingerprint density at radius 1 is 1.47 bits per heavy atom. The summed E-state index contributed by atoms with van der Waals surface area (Å²) in [5, 5.41) is 2.15. The average Bonchev–Trinajstić information content (AvgIpc) is 2.86. The van der Waals surface area contributed by atoms with E-state index in [2.05, 4.69) is 27.4 Å². The van der Waals surface area contributed by atoms with Gasteiger partial charge >= 0.3 is 0 Å². The number of hydrogen-bond donors (Lipinski definition) is 1. The fourth-order valence-electron chi connectivity index (χ4n) is 2.58. The molecule has 3 heteroatoms. The Labute approximate surface area is 104 Å². The summed E-state index contributed by atoms with van der Waals surface area (Å²) >= 11 is 5.45. The predicted molar refractivity (Wildman–Crippen MR) is 70.2 cm³/mol. The molecule has 1 aromatic heterocycles. The van der Waals surface area contributed by atoms with Crippen molar-refractivity contribution >= 4 is 27.3 Å². The maximum atomic E-state index is 5.91. The summed E-state index contributed by atoms with van der Waals surface area (Å²) in [5.74, 6) is 1.58. The van der Waals surface area contributed by atoms with E-state index in [0.717, 1.165) is 12.5 Å². The van der Waals surface area contributed by atoms with E-state index in [-0.39, 0.29) is 0 Å². The summed E-state index contributed by atoms with van der Waals surface area (Å²) in [6.45, 7) is 0.842. The van der Waals surface area contributed by atoms with Gasteiger partial charge in [-0.3, -0.25) is 0 Å². The van der Waals surface area contributed by atoms with Crippen LogP contribution >= 0.6 is 27.3 Å². The van der Waals surface area contributed by atoms with Gasteiger partial charge in [-0.25, -0.2) is 0 Å². The molecular formula is C12H18BrNS. The second-order valence-electron chi connectivity index (χ2n) is 4.44. The van der Waals surface area contributed by atoms with Crippen molar-refractivity contribution in [2.24, 2.45) is 17.6 Å². The number of thiophene rings is 1. The Kier molecular flexibility index (Phi) is 4.23. The summed E-state index contributed by atoms with van der Waals surface area (Å²) in [4.78, 5) is 1.47. The zero-order valence-electron chi connectivity index (χ0n) is 8.92. The van der Waals surface area contributed by atoms with Crippen LogP contribution in [0.4, 0.5) is 0 Å². The number of nitrogens with two attached hydrogens (primary N) is 1. The lowest BCUT2D eigenvalue weighted by Gasteiger charge is -2.21. The maximum Gasteiger partial charge on any atom is 0.0314 e. The highest BCUT2D eigenvalue weighted by Gasteiger charge is 2.24. The summed E-state index contributed by atoms with van der Waals surface area (Å²) in [5.41, 5.74) is 5.91. The third kappa shape index (κ3) is 2.83. The molecule has 2 N–H and O–H groups in total. The smallest absolute Gasteiger partial charge is 0.0314 e. The molecule has 0 aromatic carbocycles. The standard InChI is InChI=1S/C12H18BrNS/c13-11-5-6-15-12(11)7-10(8-14)9-3-1-2-4-9/h5-6,9-10H,1-4,7-8,14H2. The van der Waals surface area contributed by atoms with Crippen molar-refractivity contribution in [3.63, 3.8) is 0 Å². The van der Waals surface area contributed by atoms with E-state index in [1.807, 2.05) is 11.3 Å². The van der Waals surface area contributed by atoms with E-state index in [1.54, 1.807) is 0 Å². The Morgan fingerprint density at radius 3 is 2.73 bits per heavy atom. The van der Waals surface area contributed by atoms with E-state index in [4.69, 9.17) is 5.73 Å². The van der Waals surface area contributed by atoms with Gasteiger partial charge < -0.3 is 5.73 Å². The van der Waals surface area contributed by atoms with Crippen molar-refractivity contribution in [2.45, 2.75) is 32.1 Å². The molecule has 1 nitrogen and oxygen atoms in total. The number of halogens is 1. The molecule has 2 rings (SSSR count). The summed E-state index contributed by atoms with van der Waals surface area (Å²) in [6.07, 6.45) is 6.77. The second-order valence-corrected chi connectivity index (χ2v) is 6.29. The first-order valence-electron chi connectivity index (χ1n) is 5.73. The molecule has 1 aliphatic rings. The van der Waals surface area contributed by atoms with E-state index < -0.39 is 0 Å². The molecule has 1 aromatic rings. The van der Waals surface area contributed by atoms with E-state index in [1.165, 1.54) is 41.5 Å². The molecule has 1 atom stereocenters. The molecule has 1 aliphatic carbocycles. The molecule has 15 heavy (non-hydrogen) atoms. The molecule has 0 saturated heterocycles. The molecule has 1 saturated carbocycles. The van der Waals surface area contributed by atoms with Crippen LogP contribution < -0.4 is 5.73 Å². The molecule has 1 heterocycles. The van der Waals surface area contributed by atoms with Gasteiger partial charge in [-0.05, 0) is 52.2 Å². The zero-order valence-corrected chi connectivity index (χ0v) is 11.3. The second kappa shape index (κ2) is 5.46. The Bertz CT molecular complexity index is 304. The lowest BCUT2D eigenvalue weighted by atomic mass is 9.88. The van der Waals surface area contributed by atoms with E-state index in [9.17, 15) is 0 Å². The molecule has 0 aliphatic heterocycles. The van der Waals surface area contributed by atoms with Gasteiger partial charge in [0, 0.05) is 9.35 Å². The first kappa shape index (κ1) is 11.6. The van der Waals surface area contributed by atoms with Crippen LogP contribution in [0.3, 0.4) is 0 Å². The Morgan fingerprint density at radius 2 is 2.20 bits per heavy atom. The minimum Gasteiger partial charge on any atom is -0.330 e. The first-order chi connectivity index (χ1) is 7.31. The third-order valence-electron chi connectivity index (χ3n) is 3.51. The van der Waals surface area contributed by atoms with Crippen LogP contribution in [-0.4, -0.2) is 6.54 Å². The van der Waals surface area contributed by atoms with E-state index in [0.29, 0.717) is 5.92 Å². The maximum absolute atomic E-state index is 5.91. The molecule has 0 radical (unpaired) electrons. The Balaban J connectivity index is 1.98. The highest BCUT2D eigenvalue weighted by molar-refractivity contribution is 9.10. The van der Waals surface area contributed by atoms with Crippen LogP contribution in [0.1, 0.15) is 30.6 Å². The summed E-state index contributed by atoms with van der Waals surface area (Å²) in [7, 11) is 0. The number of hydrogen-bond acceptors (Lipinski definition) is 2. The van der Waals surface area contributed by atoms with E-state index >= 15 is 0 Å². The van der Waals surface area contributed by atoms with Crippen molar-refractivity contribution in [1.29, 1.82) is 0 Å². The normalized spacial score (nSPS) is 19.6. The van der Waals surface area contributed by atoms with Gasteiger partial charge in [-0.1, -0.05) is 25.7 Å². The summed E-state index contributed by atoms with van der Waals surface area (Å²) in [6, 6.07) is 2.14. The topological polar surface area (TPSA) is 26.0 Å². The first-order valence-corrected chi connectivity index (χ1v) is 7.40. The highest BCUT2D eigenvalue weighted by atomic mass is 79.9. The SMILES string of the molecule is NCC(Cc1sccc1Br)C1CCCC1. The molecule has 0 spiro atoms. The zero-order chi connectivity index (χ0) is 10.7. The van der Waals surface area contributed by atoms with Crippen LogP contribution in [-0.2, 0) is 6.42 Å². The van der Waals surface area contributed by atoms with Gasteiger partial charge in [0.25, 0.3) is 0 Å². The quantitative estimate of drug-likeness (QED) is 0.895. The van der Waals surface area contributed by atoms with Gasteiger partial charge in [-0.2, -0.15) is 0 Å². The third-order valence-corrected chi connectivity index (χ3v) is 5.46. The van der Waals surface area contributed by atoms with Crippen LogP contribution in [0.5, 0.6) is 0 Å². The van der Waals surface area contributed by atoms with Crippen LogP contribution in [0.15, 0.2) is 15.9 Å². The highest BCUT2D eigenvalue weighted by Crippen LogP contribution is 2.35. The molecule has 1 unspecified atom stereocenters. The minimum atomic E-state index is 0.697. The molecule has 0 amide bonds. The molecule has 1 fully saturated rings. The predicted octanol–water partition coefficient (Wildman–Crippen LogP) is 3.82. The monoisotopic (exact) mass is 287 g/mol. The lowest BCUT2D eigenvalue weighted by Crippen LogP contribution is -2.23. The average molecular weight is 288 g/mol. The lowest BCUT2D eigenvalue weighted by molar-refractivity contribution is 0.346. The van der Waals surface area contributed by atoms with Crippen LogP contribution in [0, 0.1) is 11.8 Å². The van der Waals surface area contributed by atoms with Crippen molar-refractivity contribution in [3.8, 4) is 0 Å². The minimum absolute atomic E-state index is 0.697. The van der Waals surface area contributed by atoms with Gasteiger partial charge in [0.15, 0.2) is 0 Å². The summed E-state index contributed by atoms with van der Waals surface area (Å²) < 4.78 is 1.27. The molecule has 0 bridgehead atoms. The van der Waals surface area contributed by atoms with Gasteiger partial charge in [-0.15, -0.1) is 11.3 Å². The van der Waals surface area contributed by atoms with Gasteiger partial charge in [0.1, 0.15) is 0 Å². The fraction of sp³-hybridized carbons (Fsp3) is 0.667. The van der Waals surface area contributed by atoms with Crippen molar-refractivity contribution in [3.05, 3.63) is 20.8 Å². The van der Waals surface area contributed by atoms with Crippen molar-refractivity contribution < 1.29 is 0 Å². The van der Waals surface area contributed by atoms with Crippen LogP contribution in [0.25, 0.3) is 0 Å².